The molecule has 1 aliphatic rings. The largest absolute Gasteiger partial charge is 0.496 e. The summed E-state index contributed by atoms with van der Waals surface area (Å²) in [5, 5.41) is 5.59. The lowest BCUT2D eigenvalue weighted by Gasteiger charge is -2.17. The zero-order valence-electron chi connectivity index (χ0n) is 17.2. The van der Waals surface area contributed by atoms with Crippen molar-refractivity contribution in [3.63, 3.8) is 0 Å². The van der Waals surface area contributed by atoms with Crippen molar-refractivity contribution in [1.82, 2.24) is 19.8 Å². The number of fused-ring (bicyclic) bond motifs is 1. The Morgan fingerprint density at radius 3 is 3.03 bits per heavy atom. The Morgan fingerprint density at radius 2 is 2.29 bits per heavy atom. The maximum absolute atomic E-state index is 13.0. The third-order valence-electron chi connectivity index (χ3n) is 5.21. The number of methoxy groups -OCH3 is 1. The summed E-state index contributed by atoms with van der Waals surface area (Å²) in [7, 11) is 1.48. The second kappa shape index (κ2) is 9.76. The lowest BCUT2D eigenvalue weighted by Crippen LogP contribution is -2.31. The SMILES string of the molecule is COc1cc(=O)n2c(c1C(=O)NCc1nccs1)CCN(CC=Cc1ccco1)CC2. The number of nitrogens with one attached hydrogen (secondary N) is 1. The predicted molar refractivity (Wildman–Crippen MR) is 118 cm³/mol. The van der Waals surface area contributed by atoms with Crippen molar-refractivity contribution >= 4 is 23.3 Å². The highest BCUT2D eigenvalue weighted by Gasteiger charge is 2.25. The maximum atomic E-state index is 13.0. The van der Waals surface area contributed by atoms with Crippen LogP contribution in [0.25, 0.3) is 6.08 Å². The van der Waals surface area contributed by atoms with E-state index in [1.165, 1.54) is 24.5 Å². The molecule has 0 fully saturated rings. The van der Waals surface area contributed by atoms with E-state index in [1.807, 2.05) is 29.7 Å². The van der Waals surface area contributed by atoms with Crippen LogP contribution in [0.3, 0.4) is 0 Å². The first-order chi connectivity index (χ1) is 15.2. The van der Waals surface area contributed by atoms with Crippen molar-refractivity contribution in [2.45, 2.75) is 19.5 Å². The molecule has 1 aliphatic heterocycles. The topological polar surface area (TPSA) is 89.6 Å². The molecule has 0 atom stereocenters. The Hall–Kier alpha value is -3.17. The van der Waals surface area contributed by atoms with E-state index in [0.29, 0.717) is 43.1 Å². The van der Waals surface area contributed by atoms with Gasteiger partial charge in [0, 0.05) is 55.9 Å². The summed E-state index contributed by atoms with van der Waals surface area (Å²) in [4.78, 5) is 32.2. The molecule has 31 heavy (non-hydrogen) atoms. The fraction of sp³-hybridized carbons (Fsp3) is 0.318. The fourth-order valence-corrected chi connectivity index (χ4v) is 4.23. The molecule has 9 heteroatoms. The molecule has 0 saturated carbocycles. The first-order valence-corrected chi connectivity index (χ1v) is 10.9. The molecule has 0 aliphatic carbocycles. The molecule has 0 radical (unpaired) electrons. The van der Waals surface area contributed by atoms with E-state index in [4.69, 9.17) is 9.15 Å². The highest BCUT2D eigenvalue weighted by atomic mass is 32.1. The number of rotatable bonds is 7. The zero-order valence-corrected chi connectivity index (χ0v) is 18.1. The van der Waals surface area contributed by atoms with E-state index < -0.39 is 0 Å². The average molecular weight is 441 g/mol. The monoisotopic (exact) mass is 440 g/mol. The van der Waals surface area contributed by atoms with Gasteiger partial charge in [-0.25, -0.2) is 4.98 Å². The Balaban J connectivity index is 1.52. The van der Waals surface area contributed by atoms with Gasteiger partial charge in [0.25, 0.3) is 11.5 Å². The summed E-state index contributed by atoms with van der Waals surface area (Å²) < 4.78 is 12.4. The zero-order chi connectivity index (χ0) is 21.6. The van der Waals surface area contributed by atoms with Crippen LogP contribution in [0.4, 0.5) is 0 Å². The van der Waals surface area contributed by atoms with Gasteiger partial charge in [0.05, 0.1) is 19.9 Å². The van der Waals surface area contributed by atoms with Gasteiger partial charge in [0.1, 0.15) is 22.1 Å². The van der Waals surface area contributed by atoms with Gasteiger partial charge in [-0.3, -0.25) is 14.5 Å². The van der Waals surface area contributed by atoms with Gasteiger partial charge in [-0.15, -0.1) is 11.3 Å². The molecule has 3 aromatic rings. The van der Waals surface area contributed by atoms with Crippen molar-refractivity contribution in [2.24, 2.45) is 0 Å². The number of carbonyl (C=O) groups excluding carboxylic acids is 1. The average Bonchev–Trinajstić information content (AvgIpc) is 3.44. The number of ether oxygens (including phenoxy) is 1. The molecule has 0 spiro atoms. The Bertz CT molecular complexity index is 1100. The Kier molecular flexibility index (Phi) is 6.63. The number of pyridine rings is 1. The van der Waals surface area contributed by atoms with Crippen molar-refractivity contribution in [3.8, 4) is 5.75 Å². The summed E-state index contributed by atoms with van der Waals surface area (Å²) in [6.07, 6.45) is 7.89. The number of thiazole rings is 1. The summed E-state index contributed by atoms with van der Waals surface area (Å²) >= 11 is 1.48. The van der Waals surface area contributed by atoms with E-state index in [-0.39, 0.29) is 11.5 Å². The molecule has 1 N–H and O–H groups in total. The number of hydrogen-bond acceptors (Lipinski definition) is 7. The van der Waals surface area contributed by atoms with Crippen LogP contribution in [0, 0.1) is 0 Å². The molecule has 3 aromatic heterocycles. The van der Waals surface area contributed by atoms with Gasteiger partial charge in [0.2, 0.25) is 0 Å². The summed E-state index contributed by atoms with van der Waals surface area (Å²) in [6.45, 7) is 3.01. The highest BCUT2D eigenvalue weighted by Crippen LogP contribution is 2.23. The van der Waals surface area contributed by atoms with Crippen molar-refractivity contribution in [3.05, 3.63) is 74.5 Å². The Labute approximate surface area is 183 Å². The summed E-state index contributed by atoms with van der Waals surface area (Å²) in [6, 6.07) is 5.15. The molecule has 0 unspecified atom stereocenters. The molecular formula is C22H24N4O4S. The lowest BCUT2D eigenvalue weighted by molar-refractivity contribution is 0.0945. The van der Waals surface area contributed by atoms with Crippen LogP contribution in [0.5, 0.6) is 5.75 Å². The molecule has 0 saturated heterocycles. The first-order valence-electron chi connectivity index (χ1n) is 10.1. The van der Waals surface area contributed by atoms with Crippen LogP contribution in [-0.2, 0) is 19.5 Å². The standard InChI is InChI=1S/C22H24N4O4S/c1-29-18-14-20(27)26-11-10-25(8-2-4-16-5-3-12-30-16)9-6-17(26)21(18)22(28)24-15-19-23-7-13-31-19/h2-5,7,12-14H,6,8-11,15H2,1H3,(H,24,28). The maximum Gasteiger partial charge on any atom is 0.257 e. The van der Waals surface area contributed by atoms with Gasteiger partial charge < -0.3 is 19.0 Å². The van der Waals surface area contributed by atoms with E-state index in [2.05, 4.69) is 15.2 Å². The fourth-order valence-electron chi connectivity index (χ4n) is 3.67. The van der Waals surface area contributed by atoms with Crippen LogP contribution in [0.15, 0.2) is 51.3 Å². The van der Waals surface area contributed by atoms with Gasteiger partial charge in [-0.2, -0.15) is 0 Å². The normalized spacial score (nSPS) is 14.4. The quantitative estimate of drug-likeness (QED) is 0.607. The van der Waals surface area contributed by atoms with Crippen LogP contribution < -0.4 is 15.6 Å². The van der Waals surface area contributed by atoms with E-state index >= 15 is 0 Å². The number of amides is 1. The van der Waals surface area contributed by atoms with Crippen LogP contribution in [0.2, 0.25) is 0 Å². The molecule has 4 rings (SSSR count). The predicted octanol–water partition coefficient (Wildman–Crippen LogP) is 2.41. The lowest BCUT2D eigenvalue weighted by atomic mass is 10.1. The third kappa shape index (κ3) is 4.95. The van der Waals surface area contributed by atoms with Crippen LogP contribution in [-0.4, -0.2) is 47.1 Å². The number of furan rings is 1. The Morgan fingerprint density at radius 1 is 1.39 bits per heavy atom. The van der Waals surface area contributed by atoms with Crippen LogP contribution in [0.1, 0.15) is 26.8 Å². The molecular weight excluding hydrogens is 416 g/mol. The van der Waals surface area contributed by atoms with Crippen molar-refractivity contribution < 1.29 is 13.9 Å². The van der Waals surface area contributed by atoms with Crippen molar-refractivity contribution in [1.29, 1.82) is 0 Å². The highest BCUT2D eigenvalue weighted by molar-refractivity contribution is 7.09. The number of carbonyl (C=O) groups is 1. The molecule has 0 bridgehead atoms. The van der Waals surface area contributed by atoms with Gasteiger partial charge in [-0.05, 0) is 18.2 Å². The van der Waals surface area contributed by atoms with Gasteiger partial charge >= 0.3 is 0 Å². The number of hydrogen-bond donors (Lipinski definition) is 1. The minimum absolute atomic E-state index is 0.156. The van der Waals surface area contributed by atoms with Gasteiger partial charge in [-0.1, -0.05) is 6.08 Å². The first kappa shape index (κ1) is 21.1. The molecule has 0 aromatic carbocycles. The minimum Gasteiger partial charge on any atom is -0.496 e. The smallest absolute Gasteiger partial charge is 0.257 e. The summed E-state index contributed by atoms with van der Waals surface area (Å²) in [5.41, 5.74) is 0.974. The van der Waals surface area contributed by atoms with Crippen LogP contribution >= 0.6 is 11.3 Å². The molecule has 1 amide bonds. The molecule has 8 nitrogen and oxygen atoms in total. The minimum atomic E-state index is -0.262. The molecule has 4 heterocycles. The van der Waals surface area contributed by atoms with Gasteiger partial charge in [0.15, 0.2) is 0 Å². The third-order valence-corrected chi connectivity index (χ3v) is 5.99. The number of aromatic nitrogens is 2. The van der Waals surface area contributed by atoms with E-state index in [1.54, 1.807) is 17.0 Å². The van der Waals surface area contributed by atoms with Crippen molar-refractivity contribution in [2.75, 3.05) is 26.7 Å². The molecule has 162 valence electrons. The second-order valence-electron chi connectivity index (χ2n) is 7.10. The summed E-state index contributed by atoms with van der Waals surface area (Å²) in [5.74, 6) is 0.847. The van der Waals surface area contributed by atoms with E-state index in [9.17, 15) is 9.59 Å². The van der Waals surface area contributed by atoms with E-state index in [0.717, 1.165) is 23.9 Å². The second-order valence-corrected chi connectivity index (χ2v) is 8.08. The number of nitrogens with zero attached hydrogens (tertiary/aromatic N) is 3.